The van der Waals surface area contributed by atoms with Crippen LogP contribution in [-0.2, 0) is 0 Å². The van der Waals surface area contributed by atoms with E-state index in [1.165, 1.54) is 0 Å². The van der Waals surface area contributed by atoms with Crippen molar-refractivity contribution >= 4 is 28.5 Å². The van der Waals surface area contributed by atoms with Gasteiger partial charge in [0.2, 0.25) is 0 Å². The lowest BCUT2D eigenvalue weighted by molar-refractivity contribution is 0.0964. The highest BCUT2D eigenvalue weighted by molar-refractivity contribution is 6.14. The Bertz CT molecular complexity index is 1310. The molecule has 0 fully saturated rings. The van der Waals surface area contributed by atoms with Crippen LogP contribution in [0.3, 0.4) is 0 Å². The van der Waals surface area contributed by atoms with Crippen LogP contribution in [0, 0.1) is 6.92 Å². The largest absolute Gasteiger partial charge is 0.355 e. The second-order valence-electron chi connectivity index (χ2n) is 7.92. The minimum absolute atomic E-state index is 0.0816. The van der Waals surface area contributed by atoms with Gasteiger partial charge in [0.05, 0.1) is 34.1 Å². The van der Waals surface area contributed by atoms with Gasteiger partial charge < -0.3 is 10.6 Å². The fourth-order valence-electron chi connectivity index (χ4n) is 3.57. The molecule has 32 heavy (non-hydrogen) atoms. The first-order valence-electron chi connectivity index (χ1n) is 10.5. The second-order valence-corrected chi connectivity index (χ2v) is 7.92. The summed E-state index contributed by atoms with van der Waals surface area (Å²) < 4.78 is 1.81. The molecule has 7 heteroatoms. The van der Waals surface area contributed by atoms with E-state index in [4.69, 9.17) is 4.98 Å². The van der Waals surface area contributed by atoms with Gasteiger partial charge in [-0.05, 0) is 39.0 Å². The number of rotatable bonds is 5. The first-order valence-corrected chi connectivity index (χ1v) is 10.5. The lowest BCUT2D eigenvalue weighted by Gasteiger charge is -2.13. The van der Waals surface area contributed by atoms with Crippen LogP contribution < -0.4 is 10.6 Å². The Kier molecular flexibility index (Phi) is 5.73. The van der Waals surface area contributed by atoms with Gasteiger partial charge in [-0.25, -0.2) is 9.67 Å². The maximum absolute atomic E-state index is 13.4. The number of fused-ring (bicyclic) bond motifs is 1. The smallest absolute Gasteiger partial charge is 0.256 e. The number of aromatic nitrogens is 3. The summed E-state index contributed by atoms with van der Waals surface area (Å²) >= 11 is 0. The Hall–Kier alpha value is -4.00. The molecule has 0 spiro atoms. The zero-order valence-corrected chi connectivity index (χ0v) is 18.5. The van der Waals surface area contributed by atoms with Gasteiger partial charge in [0.1, 0.15) is 0 Å². The molecule has 0 aliphatic rings. The second kappa shape index (κ2) is 8.63. The molecule has 0 bridgehead atoms. The quantitative estimate of drug-likeness (QED) is 0.487. The van der Waals surface area contributed by atoms with Gasteiger partial charge in [-0.15, -0.1) is 0 Å². The summed E-state index contributed by atoms with van der Waals surface area (Å²) in [6, 6.07) is 16.8. The molecular formula is C25H25N5O2. The van der Waals surface area contributed by atoms with Crippen LogP contribution in [-0.4, -0.2) is 33.6 Å². The fourth-order valence-corrected chi connectivity index (χ4v) is 3.57. The van der Waals surface area contributed by atoms with Crippen LogP contribution in [0.15, 0.2) is 60.8 Å². The highest BCUT2D eigenvalue weighted by atomic mass is 16.2. The SMILES string of the molecule is CNC(=O)c1ccccc1NC(=O)c1cc(-c2ccc(C)cc2)nc2c1cnn2C(C)C. The summed E-state index contributed by atoms with van der Waals surface area (Å²) in [5.41, 5.74) is 4.66. The van der Waals surface area contributed by atoms with Crippen LogP contribution in [0.5, 0.6) is 0 Å². The van der Waals surface area contributed by atoms with E-state index in [1.807, 2.05) is 49.7 Å². The van der Waals surface area contributed by atoms with E-state index in [2.05, 4.69) is 15.7 Å². The van der Waals surface area contributed by atoms with Crippen molar-refractivity contribution in [3.8, 4) is 11.3 Å². The van der Waals surface area contributed by atoms with Gasteiger partial charge in [-0.1, -0.05) is 42.0 Å². The molecule has 0 unspecified atom stereocenters. The lowest BCUT2D eigenvalue weighted by atomic mass is 10.0. The summed E-state index contributed by atoms with van der Waals surface area (Å²) in [7, 11) is 1.56. The Morgan fingerprint density at radius 1 is 0.969 bits per heavy atom. The number of anilines is 1. The Balaban J connectivity index is 1.84. The van der Waals surface area contributed by atoms with Crippen LogP contribution in [0.25, 0.3) is 22.3 Å². The van der Waals surface area contributed by atoms with E-state index in [1.54, 1.807) is 43.6 Å². The Morgan fingerprint density at radius 2 is 1.69 bits per heavy atom. The van der Waals surface area contributed by atoms with Crippen LogP contribution in [0.2, 0.25) is 0 Å². The minimum atomic E-state index is -0.328. The van der Waals surface area contributed by atoms with Crippen LogP contribution in [0.1, 0.15) is 46.2 Å². The number of aryl methyl sites for hydroxylation is 1. The van der Waals surface area contributed by atoms with Crippen molar-refractivity contribution in [3.05, 3.63) is 77.5 Å². The molecule has 0 saturated heterocycles. The van der Waals surface area contributed by atoms with Crippen molar-refractivity contribution < 1.29 is 9.59 Å². The van der Waals surface area contributed by atoms with E-state index >= 15 is 0 Å². The molecule has 162 valence electrons. The zero-order valence-electron chi connectivity index (χ0n) is 18.5. The first-order chi connectivity index (χ1) is 15.4. The Morgan fingerprint density at radius 3 is 2.38 bits per heavy atom. The number of hydrogen-bond acceptors (Lipinski definition) is 4. The number of pyridine rings is 1. The number of hydrogen-bond donors (Lipinski definition) is 2. The van der Waals surface area contributed by atoms with Crippen molar-refractivity contribution in [3.63, 3.8) is 0 Å². The monoisotopic (exact) mass is 427 g/mol. The number of benzene rings is 2. The van der Waals surface area contributed by atoms with E-state index in [-0.39, 0.29) is 17.9 Å². The fraction of sp³-hybridized carbons (Fsp3) is 0.200. The molecule has 2 aromatic carbocycles. The highest BCUT2D eigenvalue weighted by Gasteiger charge is 2.20. The van der Waals surface area contributed by atoms with Gasteiger partial charge in [-0.3, -0.25) is 9.59 Å². The van der Waals surface area contributed by atoms with Gasteiger partial charge >= 0.3 is 0 Å². The third-order valence-electron chi connectivity index (χ3n) is 5.29. The van der Waals surface area contributed by atoms with E-state index in [0.717, 1.165) is 11.1 Å². The van der Waals surface area contributed by atoms with Crippen molar-refractivity contribution in [1.82, 2.24) is 20.1 Å². The normalized spacial score (nSPS) is 11.0. The van der Waals surface area contributed by atoms with E-state index in [9.17, 15) is 9.59 Å². The predicted molar refractivity (Wildman–Crippen MR) is 126 cm³/mol. The number of nitrogens with one attached hydrogen (secondary N) is 2. The van der Waals surface area contributed by atoms with Gasteiger partial charge in [0.15, 0.2) is 5.65 Å². The summed E-state index contributed by atoms with van der Waals surface area (Å²) in [6.07, 6.45) is 1.67. The minimum Gasteiger partial charge on any atom is -0.355 e. The summed E-state index contributed by atoms with van der Waals surface area (Å²) in [6.45, 7) is 6.06. The third kappa shape index (κ3) is 3.97. The maximum Gasteiger partial charge on any atom is 0.256 e. The molecular weight excluding hydrogens is 402 g/mol. The maximum atomic E-state index is 13.4. The number of para-hydroxylation sites is 1. The van der Waals surface area contributed by atoms with Gasteiger partial charge in [0, 0.05) is 18.7 Å². The molecule has 0 aliphatic heterocycles. The first kappa shape index (κ1) is 21.2. The topological polar surface area (TPSA) is 88.9 Å². The lowest BCUT2D eigenvalue weighted by Crippen LogP contribution is -2.21. The summed E-state index contributed by atoms with van der Waals surface area (Å²) in [5.74, 6) is -0.598. The molecule has 2 heterocycles. The molecule has 2 N–H and O–H groups in total. The number of carbonyl (C=O) groups excluding carboxylic acids is 2. The molecule has 7 nitrogen and oxygen atoms in total. The molecule has 0 saturated carbocycles. The van der Waals surface area contributed by atoms with Crippen molar-refractivity contribution in [2.24, 2.45) is 0 Å². The number of amides is 2. The predicted octanol–water partition coefficient (Wildman–Crippen LogP) is 4.60. The van der Waals surface area contributed by atoms with Crippen molar-refractivity contribution in [2.75, 3.05) is 12.4 Å². The molecule has 0 aliphatic carbocycles. The summed E-state index contributed by atoms with van der Waals surface area (Å²) in [5, 5.41) is 10.6. The zero-order chi connectivity index (χ0) is 22.8. The summed E-state index contributed by atoms with van der Waals surface area (Å²) in [4.78, 5) is 30.4. The molecule has 4 rings (SSSR count). The van der Waals surface area contributed by atoms with Crippen molar-refractivity contribution in [2.45, 2.75) is 26.8 Å². The van der Waals surface area contributed by atoms with Gasteiger partial charge in [0.25, 0.3) is 11.8 Å². The van der Waals surface area contributed by atoms with E-state index < -0.39 is 0 Å². The molecule has 4 aromatic rings. The van der Waals surface area contributed by atoms with Gasteiger partial charge in [-0.2, -0.15) is 5.10 Å². The average Bonchev–Trinajstić information content (AvgIpc) is 3.23. The van der Waals surface area contributed by atoms with E-state index in [0.29, 0.717) is 33.5 Å². The molecule has 0 atom stereocenters. The molecule has 2 amide bonds. The van der Waals surface area contributed by atoms with Crippen LogP contribution >= 0.6 is 0 Å². The standard InChI is InChI=1S/C25H25N5O2/c1-15(2)30-23-20(14-27-30)19(13-22(28-23)17-11-9-16(3)10-12-17)25(32)29-21-8-6-5-7-18(21)24(31)26-4/h5-15H,1-4H3,(H,26,31)(H,29,32). The molecule has 0 radical (unpaired) electrons. The van der Waals surface area contributed by atoms with Crippen molar-refractivity contribution in [1.29, 1.82) is 0 Å². The average molecular weight is 428 g/mol. The number of carbonyl (C=O) groups is 2. The Labute approximate surface area is 186 Å². The highest BCUT2D eigenvalue weighted by Crippen LogP contribution is 2.27. The van der Waals surface area contributed by atoms with Crippen LogP contribution in [0.4, 0.5) is 5.69 Å². The molecule has 2 aromatic heterocycles. The number of nitrogens with zero attached hydrogens (tertiary/aromatic N) is 3. The third-order valence-corrected chi connectivity index (χ3v) is 5.29.